The summed E-state index contributed by atoms with van der Waals surface area (Å²) < 4.78 is 31.9. The molecular weight excluding hydrogens is 288 g/mol. The number of halogens is 2. The SMILES string of the molecule is Cc1c(-n2ncc(C(N)=S)c2C)nn(C)c1OC(F)F. The van der Waals surface area contributed by atoms with E-state index in [0.717, 1.165) is 0 Å². The molecule has 0 aromatic carbocycles. The third-order valence-corrected chi connectivity index (χ3v) is 3.09. The minimum atomic E-state index is -2.91. The van der Waals surface area contributed by atoms with Crippen LogP contribution in [0.5, 0.6) is 5.88 Å². The molecule has 2 rings (SSSR count). The highest BCUT2D eigenvalue weighted by atomic mass is 32.1. The summed E-state index contributed by atoms with van der Waals surface area (Å²) >= 11 is 4.91. The van der Waals surface area contributed by atoms with Gasteiger partial charge in [0, 0.05) is 7.05 Å². The van der Waals surface area contributed by atoms with E-state index in [9.17, 15) is 8.78 Å². The predicted octanol–water partition coefficient (Wildman–Crippen LogP) is 1.46. The van der Waals surface area contributed by atoms with Gasteiger partial charge in [0.1, 0.15) is 4.99 Å². The zero-order valence-corrected chi connectivity index (χ0v) is 11.9. The third kappa shape index (κ3) is 2.36. The molecule has 0 aliphatic rings. The van der Waals surface area contributed by atoms with Gasteiger partial charge in [0.15, 0.2) is 5.82 Å². The Morgan fingerprint density at radius 1 is 1.45 bits per heavy atom. The quantitative estimate of drug-likeness (QED) is 0.866. The summed E-state index contributed by atoms with van der Waals surface area (Å²) in [6.45, 7) is 0.480. The normalized spacial score (nSPS) is 11.1. The van der Waals surface area contributed by atoms with Crippen molar-refractivity contribution in [2.45, 2.75) is 20.5 Å². The molecule has 2 N–H and O–H groups in total. The Morgan fingerprint density at radius 2 is 2.10 bits per heavy atom. The van der Waals surface area contributed by atoms with Gasteiger partial charge >= 0.3 is 6.61 Å². The molecule has 0 aliphatic heterocycles. The van der Waals surface area contributed by atoms with Crippen LogP contribution in [0.4, 0.5) is 8.78 Å². The first-order valence-electron chi connectivity index (χ1n) is 5.66. The van der Waals surface area contributed by atoms with Crippen LogP contribution in [0.3, 0.4) is 0 Å². The Bertz CT molecular complexity index is 664. The Labute approximate surface area is 119 Å². The molecule has 0 spiro atoms. The third-order valence-electron chi connectivity index (χ3n) is 2.87. The number of aryl methyl sites for hydroxylation is 1. The molecule has 20 heavy (non-hydrogen) atoms. The fourth-order valence-corrected chi connectivity index (χ4v) is 2.12. The van der Waals surface area contributed by atoms with Crippen LogP contribution < -0.4 is 10.5 Å². The van der Waals surface area contributed by atoms with Crippen LogP contribution in [0.2, 0.25) is 0 Å². The molecule has 6 nitrogen and oxygen atoms in total. The molecule has 0 radical (unpaired) electrons. The summed E-state index contributed by atoms with van der Waals surface area (Å²) in [5, 5.41) is 8.27. The van der Waals surface area contributed by atoms with E-state index in [1.807, 2.05) is 0 Å². The minimum Gasteiger partial charge on any atom is -0.417 e. The maximum Gasteiger partial charge on any atom is 0.388 e. The van der Waals surface area contributed by atoms with Gasteiger partial charge < -0.3 is 10.5 Å². The lowest BCUT2D eigenvalue weighted by Gasteiger charge is -2.05. The second-order valence-corrected chi connectivity index (χ2v) is 4.62. The maximum atomic E-state index is 12.4. The van der Waals surface area contributed by atoms with Crippen molar-refractivity contribution in [3.05, 3.63) is 23.0 Å². The number of rotatable bonds is 4. The van der Waals surface area contributed by atoms with Crippen LogP contribution in [-0.4, -0.2) is 31.2 Å². The number of ether oxygens (including phenoxy) is 1. The molecule has 0 unspecified atom stereocenters. The van der Waals surface area contributed by atoms with Gasteiger partial charge in [0.25, 0.3) is 0 Å². The molecule has 2 aromatic heterocycles. The molecule has 0 atom stereocenters. The van der Waals surface area contributed by atoms with Crippen LogP contribution in [0.1, 0.15) is 16.8 Å². The van der Waals surface area contributed by atoms with E-state index in [1.165, 1.54) is 22.6 Å². The molecule has 0 aliphatic carbocycles. The fraction of sp³-hybridized carbons (Fsp3) is 0.364. The van der Waals surface area contributed by atoms with E-state index < -0.39 is 6.61 Å². The highest BCUT2D eigenvalue weighted by Gasteiger charge is 2.21. The Balaban J connectivity index is 2.52. The summed E-state index contributed by atoms with van der Waals surface area (Å²) in [6, 6.07) is 0. The highest BCUT2D eigenvalue weighted by molar-refractivity contribution is 7.80. The first-order chi connectivity index (χ1) is 9.32. The van der Waals surface area contributed by atoms with Crippen molar-refractivity contribution in [3.8, 4) is 11.7 Å². The number of nitrogens with zero attached hydrogens (tertiary/aromatic N) is 4. The highest BCUT2D eigenvalue weighted by Crippen LogP contribution is 2.26. The minimum absolute atomic E-state index is 0.0122. The van der Waals surface area contributed by atoms with E-state index in [2.05, 4.69) is 14.9 Å². The predicted molar refractivity (Wildman–Crippen MR) is 72.3 cm³/mol. The second-order valence-electron chi connectivity index (χ2n) is 4.18. The standard InChI is InChI=1S/C11H13F2N5OS/c1-5-9(16-17(3)10(5)19-11(12)13)18-6(2)7(4-15-18)8(14)20/h4,11H,1-3H3,(H2,14,20). The smallest absolute Gasteiger partial charge is 0.388 e. The monoisotopic (exact) mass is 301 g/mol. The van der Waals surface area contributed by atoms with Crippen molar-refractivity contribution >= 4 is 17.2 Å². The first kappa shape index (κ1) is 14.4. The van der Waals surface area contributed by atoms with Gasteiger partial charge in [-0.05, 0) is 13.8 Å². The average molecular weight is 301 g/mol. The summed E-state index contributed by atoms with van der Waals surface area (Å²) in [5.41, 5.74) is 7.32. The zero-order chi connectivity index (χ0) is 15.0. The van der Waals surface area contributed by atoms with Gasteiger partial charge in [0.2, 0.25) is 5.88 Å². The molecule has 2 aromatic rings. The van der Waals surface area contributed by atoms with E-state index in [4.69, 9.17) is 18.0 Å². The molecule has 0 fully saturated rings. The van der Waals surface area contributed by atoms with Crippen LogP contribution in [0, 0.1) is 13.8 Å². The van der Waals surface area contributed by atoms with Gasteiger partial charge in [-0.25, -0.2) is 9.36 Å². The fourth-order valence-electron chi connectivity index (χ4n) is 1.92. The first-order valence-corrected chi connectivity index (χ1v) is 6.07. The van der Waals surface area contributed by atoms with Crippen LogP contribution in [0.15, 0.2) is 6.20 Å². The van der Waals surface area contributed by atoms with Gasteiger partial charge in [0.05, 0.1) is 23.0 Å². The molecule has 2 heterocycles. The van der Waals surface area contributed by atoms with E-state index in [1.54, 1.807) is 13.8 Å². The number of alkyl halides is 2. The molecular formula is C11H13F2N5OS. The number of nitrogens with two attached hydrogens (primary N) is 1. The van der Waals surface area contributed by atoms with E-state index in [-0.39, 0.29) is 10.9 Å². The largest absolute Gasteiger partial charge is 0.417 e. The van der Waals surface area contributed by atoms with Crippen LogP contribution >= 0.6 is 12.2 Å². The molecule has 9 heteroatoms. The number of hydrogen-bond donors (Lipinski definition) is 1. The lowest BCUT2D eigenvalue weighted by atomic mass is 10.2. The number of hydrogen-bond acceptors (Lipinski definition) is 4. The number of thiocarbonyl (C=S) groups is 1. The maximum absolute atomic E-state index is 12.4. The second kappa shape index (κ2) is 5.16. The summed E-state index contributed by atoms with van der Waals surface area (Å²) in [7, 11) is 1.52. The van der Waals surface area contributed by atoms with Crippen molar-refractivity contribution in [2.75, 3.05) is 0 Å². The Kier molecular flexibility index (Phi) is 3.71. The lowest BCUT2D eigenvalue weighted by Crippen LogP contribution is -2.11. The van der Waals surface area contributed by atoms with Crippen molar-refractivity contribution in [3.63, 3.8) is 0 Å². The van der Waals surface area contributed by atoms with E-state index in [0.29, 0.717) is 22.6 Å². The van der Waals surface area contributed by atoms with Gasteiger partial charge in [-0.2, -0.15) is 13.9 Å². The summed E-state index contributed by atoms with van der Waals surface area (Å²) in [5.74, 6) is 0.380. The molecule has 108 valence electrons. The summed E-state index contributed by atoms with van der Waals surface area (Å²) in [4.78, 5) is 0.214. The number of aromatic nitrogens is 4. The zero-order valence-electron chi connectivity index (χ0n) is 11.1. The van der Waals surface area contributed by atoms with Crippen molar-refractivity contribution in [2.24, 2.45) is 12.8 Å². The van der Waals surface area contributed by atoms with Crippen molar-refractivity contribution in [1.29, 1.82) is 0 Å². The molecule has 0 saturated carbocycles. The molecule has 0 saturated heterocycles. The molecule has 0 amide bonds. The van der Waals surface area contributed by atoms with Gasteiger partial charge in [-0.15, -0.1) is 5.10 Å². The van der Waals surface area contributed by atoms with Crippen molar-refractivity contribution < 1.29 is 13.5 Å². The van der Waals surface area contributed by atoms with Gasteiger partial charge in [-0.1, -0.05) is 12.2 Å². The average Bonchev–Trinajstić information content (AvgIpc) is 2.84. The Morgan fingerprint density at radius 3 is 2.60 bits per heavy atom. The van der Waals surface area contributed by atoms with Gasteiger partial charge in [-0.3, -0.25) is 0 Å². The lowest BCUT2D eigenvalue weighted by molar-refractivity contribution is -0.0557. The Hall–Kier alpha value is -2.03. The van der Waals surface area contributed by atoms with E-state index >= 15 is 0 Å². The summed E-state index contributed by atoms with van der Waals surface area (Å²) in [6.07, 6.45) is 1.51. The van der Waals surface area contributed by atoms with Crippen molar-refractivity contribution in [1.82, 2.24) is 19.6 Å². The van der Waals surface area contributed by atoms with Crippen LogP contribution in [-0.2, 0) is 7.05 Å². The molecule has 0 bridgehead atoms. The van der Waals surface area contributed by atoms with Crippen LogP contribution in [0.25, 0.3) is 5.82 Å². The topological polar surface area (TPSA) is 70.9 Å².